The summed E-state index contributed by atoms with van der Waals surface area (Å²) in [6.45, 7) is 1.70. The molecule has 1 atom stereocenters. The third-order valence-electron chi connectivity index (χ3n) is 5.15. The van der Waals surface area contributed by atoms with E-state index >= 15 is 0 Å². The third-order valence-corrected chi connectivity index (χ3v) is 5.15. The lowest BCUT2D eigenvalue weighted by Gasteiger charge is -2.11. The summed E-state index contributed by atoms with van der Waals surface area (Å²) in [5.41, 5.74) is 0. The number of esters is 2. The zero-order valence-electron chi connectivity index (χ0n) is 19.4. The van der Waals surface area contributed by atoms with E-state index in [-0.39, 0.29) is 32.0 Å². The van der Waals surface area contributed by atoms with Crippen LogP contribution >= 0.6 is 0 Å². The van der Waals surface area contributed by atoms with E-state index in [0.29, 0.717) is 6.42 Å². The molecule has 0 saturated heterocycles. The molecule has 0 amide bonds. The second-order valence-electron chi connectivity index (χ2n) is 8.26. The van der Waals surface area contributed by atoms with Crippen molar-refractivity contribution in [3.05, 3.63) is 0 Å². The highest BCUT2D eigenvalue weighted by molar-refractivity contribution is 5.76. The molecule has 0 aliphatic heterocycles. The number of carbonyl (C=O) groups excluding carboxylic acids is 2. The van der Waals surface area contributed by atoms with Crippen molar-refractivity contribution in [2.75, 3.05) is 13.2 Å². The molecule has 0 saturated carbocycles. The lowest BCUT2D eigenvalue weighted by molar-refractivity contribution is -0.154. The SMILES string of the molecule is CCCCCCCCCCCCCCCCC(=O)OCC(O)COC(=O)CCC(=O)O. The van der Waals surface area contributed by atoms with Gasteiger partial charge in [-0.05, 0) is 6.42 Å². The van der Waals surface area contributed by atoms with E-state index in [4.69, 9.17) is 14.6 Å². The van der Waals surface area contributed by atoms with E-state index in [1.165, 1.54) is 70.6 Å². The van der Waals surface area contributed by atoms with Crippen molar-refractivity contribution in [1.29, 1.82) is 0 Å². The van der Waals surface area contributed by atoms with E-state index < -0.39 is 18.0 Å². The van der Waals surface area contributed by atoms with E-state index in [0.717, 1.165) is 19.3 Å². The largest absolute Gasteiger partial charge is 0.481 e. The Balaban J connectivity index is 3.39. The number of aliphatic carboxylic acids is 1. The number of aliphatic hydroxyl groups is 1. The quantitative estimate of drug-likeness (QED) is 0.175. The summed E-state index contributed by atoms with van der Waals surface area (Å²) in [5, 5.41) is 18.1. The van der Waals surface area contributed by atoms with Crippen molar-refractivity contribution in [1.82, 2.24) is 0 Å². The van der Waals surface area contributed by atoms with E-state index in [1.807, 2.05) is 0 Å². The molecule has 1 unspecified atom stereocenters. The standard InChI is InChI=1S/C24H44O7/c1-2-3-4-5-6-7-8-9-10-11-12-13-14-15-16-23(28)30-19-21(25)20-31-24(29)18-17-22(26)27/h21,25H,2-20H2,1H3,(H,26,27). The van der Waals surface area contributed by atoms with Crippen LogP contribution in [0.4, 0.5) is 0 Å². The minimum Gasteiger partial charge on any atom is -0.481 e. The van der Waals surface area contributed by atoms with Gasteiger partial charge < -0.3 is 19.7 Å². The summed E-state index contributed by atoms with van der Waals surface area (Å²) < 4.78 is 9.70. The van der Waals surface area contributed by atoms with Crippen molar-refractivity contribution >= 4 is 17.9 Å². The molecule has 31 heavy (non-hydrogen) atoms. The number of carbonyl (C=O) groups is 3. The molecule has 0 heterocycles. The summed E-state index contributed by atoms with van der Waals surface area (Å²) in [6.07, 6.45) is 16.2. The predicted molar refractivity (Wildman–Crippen MR) is 120 cm³/mol. The van der Waals surface area contributed by atoms with Gasteiger partial charge in [-0.2, -0.15) is 0 Å². The molecule has 7 heteroatoms. The Morgan fingerprint density at radius 2 is 1.00 bits per heavy atom. The average molecular weight is 445 g/mol. The van der Waals surface area contributed by atoms with E-state index in [1.54, 1.807) is 0 Å². The van der Waals surface area contributed by atoms with Crippen LogP contribution in [0, 0.1) is 0 Å². The van der Waals surface area contributed by atoms with Crippen LogP contribution in [0.1, 0.15) is 116 Å². The summed E-state index contributed by atoms with van der Waals surface area (Å²) in [6, 6.07) is 0. The average Bonchev–Trinajstić information content (AvgIpc) is 2.75. The van der Waals surface area contributed by atoms with Crippen molar-refractivity contribution in [2.24, 2.45) is 0 Å². The molecular formula is C24H44O7. The minimum absolute atomic E-state index is 0.232. The number of unbranched alkanes of at least 4 members (excludes halogenated alkanes) is 13. The Kier molecular flexibility index (Phi) is 20.5. The topological polar surface area (TPSA) is 110 Å². The van der Waals surface area contributed by atoms with Crippen LogP contribution in [-0.4, -0.2) is 47.4 Å². The zero-order valence-corrected chi connectivity index (χ0v) is 19.4. The molecule has 182 valence electrons. The smallest absolute Gasteiger partial charge is 0.306 e. The van der Waals surface area contributed by atoms with Gasteiger partial charge in [-0.1, -0.05) is 90.4 Å². The highest BCUT2D eigenvalue weighted by atomic mass is 16.6. The molecule has 0 radical (unpaired) electrons. The zero-order chi connectivity index (χ0) is 23.2. The Bertz CT molecular complexity index is 465. The van der Waals surface area contributed by atoms with Crippen LogP contribution in [0.15, 0.2) is 0 Å². The minimum atomic E-state index is -1.10. The maximum absolute atomic E-state index is 11.7. The van der Waals surface area contributed by atoms with Gasteiger partial charge in [0.25, 0.3) is 0 Å². The fourth-order valence-electron chi connectivity index (χ4n) is 3.24. The number of hydrogen-bond acceptors (Lipinski definition) is 6. The normalized spacial score (nSPS) is 11.8. The number of rotatable bonds is 22. The molecule has 0 aliphatic rings. The van der Waals surface area contributed by atoms with Gasteiger partial charge in [0.05, 0.1) is 12.8 Å². The molecule has 7 nitrogen and oxygen atoms in total. The van der Waals surface area contributed by atoms with Gasteiger partial charge in [0.15, 0.2) is 0 Å². The number of ether oxygens (including phenoxy) is 2. The van der Waals surface area contributed by atoms with Crippen molar-refractivity contribution in [2.45, 2.75) is 122 Å². The predicted octanol–water partition coefficient (Wildman–Crippen LogP) is 5.17. The second kappa shape index (κ2) is 21.6. The van der Waals surface area contributed by atoms with Crippen LogP contribution in [0.3, 0.4) is 0 Å². The van der Waals surface area contributed by atoms with Crippen molar-refractivity contribution < 1.29 is 34.1 Å². The monoisotopic (exact) mass is 444 g/mol. The summed E-state index contributed by atoms with van der Waals surface area (Å²) in [4.78, 5) is 33.3. The van der Waals surface area contributed by atoms with Gasteiger partial charge >= 0.3 is 17.9 Å². The van der Waals surface area contributed by atoms with E-state index in [2.05, 4.69) is 6.92 Å². The Morgan fingerprint density at radius 1 is 0.613 bits per heavy atom. The fraction of sp³-hybridized carbons (Fsp3) is 0.875. The number of carboxylic acid groups (broad SMARTS) is 1. The third kappa shape index (κ3) is 22.9. The first-order valence-corrected chi connectivity index (χ1v) is 12.2. The highest BCUT2D eigenvalue weighted by Gasteiger charge is 2.12. The van der Waals surface area contributed by atoms with Gasteiger partial charge in [-0.3, -0.25) is 14.4 Å². The first kappa shape index (κ1) is 29.4. The Morgan fingerprint density at radius 3 is 1.42 bits per heavy atom. The molecule has 2 N–H and O–H groups in total. The molecule has 0 aromatic rings. The molecule has 0 bridgehead atoms. The lowest BCUT2D eigenvalue weighted by Crippen LogP contribution is -2.25. The Hall–Kier alpha value is -1.63. The first-order chi connectivity index (χ1) is 15.0. The second-order valence-corrected chi connectivity index (χ2v) is 8.26. The van der Waals surface area contributed by atoms with Crippen LogP contribution in [-0.2, 0) is 23.9 Å². The first-order valence-electron chi connectivity index (χ1n) is 12.2. The summed E-state index contributed by atoms with van der Waals surface area (Å²) in [5.74, 6) is -2.15. The summed E-state index contributed by atoms with van der Waals surface area (Å²) in [7, 11) is 0. The van der Waals surface area contributed by atoms with Gasteiger partial charge in [0.1, 0.15) is 19.3 Å². The molecule has 0 fully saturated rings. The maximum Gasteiger partial charge on any atom is 0.306 e. The van der Waals surface area contributed by atoms with Crippen molar-refractivity contribution in [3.63, 3.8) is 0 Å². The van der Waals surface area contributed by atoms with Crippen LogP contribution in [0.25, 0.3) is 0 Å². The Labute approximate surface area is 187 Å². The van der Waals surface area contributed by atoms with Gasteiger partial charge in [0.2, 0.25) is 0 Å². The molecule has 0 aromatic carbocycles. The van der Waals surface area contributed by atoms with Gasteiger partial charge in [-0.15, -0.1) is 0 Å². The van der Waals surface area contributed by atoms with Crippen molar-refractivity contribution in [3.8, 4) is 0 Å². The summed E-state index contributed by atoms with van der Waals surface area (Å²) >= 11 is 0. The number of aliphatic hydroxyl groups excluding tert-OH is 1. The highest BCUT2D eigenvalue weighted by Crippen LogP contribution is 2.13. The van der Waals surface area contributed by atoms with Crippen LogP contribution in [0.2, 0.25) is 0 Å². The van der Waals surface area contributed by atoms with Gasteiger partial charge in [-0.25, -0.2) is 0 Å². The molecule has 0 rings (SSSR count). The molecule has 0 spiro atoms. The number of hydrogen-bond donors (Lipinski definition) is 2. The van der Waals surface area contributed by atoms with Crippen LogP contribution in [0.5, 0.6) is 0 Å². The molecule has 0 aromatic heterocycles. The lowest BCUT2D eigenvalue weighted by atomic mass is 10.0. The van der Waals surface area contributed by atoms with E-state index in [9.17, 15) is 19.5 Å². The maximum atomic E-state index is 11.7. The number of carboxylic acids is 1. The fourth-order valence-corrected chi connectivity index (χ4v) is 3.24. The van der Waals surface area contributed by atoms with Crippen LogP contribution < -0.4 is 0 Å². The van der Waals surface area contributed by atoms with Gasteiger partial charge in [0, 0.05) is 6.42 Å². The molecule has 0 aliphatic carbocycles. The molecular weight excluding hydrogens is 400 g/mol.